The molecular weight excluding hydrogens is 520 g/mol. The topological polar surface area (TPSA) is 16.1 Å². The van der Waals surface area contributed by atoms with Gasteiger partial charge >= 0.3 is 0 Å². The highest BCUT2D eigenvalue weighted by Gasteiger charge is 2.22. The van der Waals surface area contributed by atoms with E-state index in [9.17, 15) is 0 Å². The van der Waals surface area contributed by atoms with Crippen molar-refractivity contribution in [3.8, 4) is 22.3 Å². The van der Waals surface area contributed by atoms with Crippen molar-refractivity contribution in [3.05, 3.63) is 170 Å². The van der Waals surface area contributed by atoms with Crippen LogP contribution in [0.2, 0.25) is 0 Å². The molecule has 2 nitrogen and oxygen atoms in total. The molecule has 0 unspecified atom stereocenters. The summed E-state index contributed by atoms with van der Waals surface area (Å²) in [6, 6.07) is 58.4. The third-order valence-corrected chi connectivity index (χ3v) is 8.28. The summed E-state index contributed by atoms with van der Waals surface area (Å²) < 4.78 is 0. The molecule has 202 valence electrons. The van der Waals surface area contributed by atoms with E-state index in [0.717, 1.165) is 17.2 Å². The second-order valence-electron chi connectivity index (χ2n) is 10.8. The van der Waals surface area contributed by atoms with Crippen molar-refractivity contribution in [1.29, 1.82) is 0 Å². The fourth-order valence-electron chi connectivity index (χ4n) is 6.29. The molecule has 1 aromatic heterocycles. The maximum Gasteiger partial charge on any atom is 0.137 e. The van der Waals surface area contributed by atoms with Gasteiger partial charge in [0.15, 0.2) is 0 Å². The predicted octanol–water partition coefficient (Wildman–Crippen LogP) is 11.3. The van der Waals surface area contributed by atoms with Gasteiger partial charge < -0.3 is 0 Å². The monoisotopic (exact) mass is 548 g/mol. The normalized spacial score (nSPS) is 11.3. The number of hydrogen-bond acceptors (Lipinski definition) is 2. The van der Waals surface area contributed by atoms with Gasteiger partial charge in [0, 0.05) is 22.7 Å². The Morgan fingerprint density at radius 2 is 0.953 bits per heavy atom. The summed E-state index contributed by atoms with van der Waals surface area (Å²) in [5.74, 6) is 0.882. The molecule has 7 aromatic carbocycles. The average molecular weight is 549 g/mol. The Morgan fingerprint density at radius 1 is 0.395 bits per heavy atom. The first-order chi connectivity index (χ1) is 21.3. The van der Waals surface area contributed by atoms with Gasteiger partial charge in [-0.1, -0.05) is 140 Å². The van der Waals surface area contributed by atoms with Crippen LogP contribution in [-0.4, -0.2) is 4.98 Å². The number of hydrogen-bond donors (Lipinski definition) is 0. The lowest BCUT2D eigenvalue weighted by molar-refractivity contribution is 1.20. The van der Waals surface area contributed by atoms with Gasteiger partial charge in [0.05, 0.1) is 5.69 Å². The fourth-order valence-corrected chi connectivity index (χ4v) is 6.29. The summed E-state index contributed by atoms with van der Waals surface area (Å²) in [7, 11) is 0. The maximum absolute atomic E-state index is 4.87. The van der Waals surface area contributed by atoms with E-state index in [4.69, 9.17) is 4.98 Å². The third kappa shape index (κ3) is 4.41. The quantitative estimate of drug-likeness (QED) is 0.199. The summed E-state index contributed by atoms with van der Waals surface area (Å²) >= 11 is 0. The van der Waals surface area contributed by atoms with E-state index >= 15 is 0 Å². The highest BCUT2D eigenvalue weighted by Crippen LogP contribution is 2.48. The van der Waals surface area contributed by atoms with Crippen molar-refractivity contribution in [1.82, 2.24) is 4.98 Å². The van der Waals surface area contributed by atoms with E-state index in [1.165, 1.54) is 54.6 Å². The number of fused-ring (bicyclic) bond motifs is 3. The van der Waals surface area contributed by atoms with Gasteiger partial charge in [-0.25, -0.2) is 4.98 Å². The van der Waals surface area contributed by atoms with Crippen molar-refractivity contribution in [2.45, 2.75) is 0 Å². The molecule has 0 aliphatic rings. The molecular formula is C41H28N2. The second-order valence-corrected chi connectivity index (χ2v) is 10.8. The number of aromatic nitrogens is 1. The first-order valence-corrected chi connectivity index (χ1v) is 14.6. The van der Waals surface area contributed by atoms with Crippen LogP contribution in [0.5, 0.6) is 0 Å². The summed E-state index contributed by atoms with van der Waals surface area (Å²) in [5, 5.41) is 7.21. The Labute approximate surface area is 251 Å². The number of rotatable bonds is 5. The minimum atomic E-state index is 0.882. The van der Waals surface area contributed by atoms with E-state index in [0.29, 0.717) is 0 Å². The van der Waals surface area contributed by atoms with Crippen molar-refractivity contribution in [3.63, 3.8) is 0 Å². The molecule has 1 heterocycles. The minimum Gasteiger partial charge on any atom is -0.294 e. The van der Waals surface area contributed by atoms with E-state index in [1.807, 2.05) is 12.3 Å². The Bertz CT molecular complexity index is 2160. The minimum absolute atomic E-state index is 0.882. The van der Waals surface area contributed by atoms with E-state index < -0.39 is 0 Å². The molecule has 2 heteroatoms. The van der Waals surface area contributed by atoms with Crippen molar-refractivity contribution >= 4 is 49.5 Å². The third-order valence-electron chi connectivity index (χ3n) is 8.28. The standard InChI is InChI=1S/C41H28N2/c1-2-12-29(13-3-1)31-21-23-32(24-22-31)40-35-16-6-8-18-37(35)41(38-19-9-7-17-36(38)40)43(39-20-10-11-27-42-39)34-26-25-30-14-4-5-15-33(30)28-34/h1-28H. The molecule has 0 aliphatic heterocycles. The van der Waals surface area contributed by atoms with Crippen LogP contribution in [0.3, 0.4) is 0 Å². The van der Waals surface area contributed by atoms with Crippen molar-refractivity contribution < 1.29 is 0 Å². The number of pyridine rings is 1. The van der Waals surface area contributed by atoms with Crippen LogP contribution in [0.25, 0.3) is 54.6 Å². The average Bonchev–Trinajstić information content (AvgIpc) is 3.09. The van der Waals surface area contributed by atoms with Crippen molar-refractivity contribution in [2.24, 2.45) is 0 Å². The summed E-state index contributed by atoms with van der Waals surface area (Å²) in [6.07, 6.45) is 1.87. The van der Waals surface area contributed by atoms with E-state index in [1.54, 1.807) is 0 Å². The molecule has 0 fully saturated rings. The van der Waals surface area contributed by atoms with Crippen LogP contribution in [0.15, 0.2) is 170 Å². The van der Waals surface area contributed by atoms with Gasteiger partial charge in [-0.05, 0) is 68.1 Å². The first kappa shape index (κ1) is 25.0. The number of benzene rings is 7. The zero-order valence-electron chi connectivity index (χ0n) is 23.6. The molecule has 0 aliphatic carbocycles. The number of nitrogens with zero attached hydrogens (tertiary/aromatic N) is 2. The highest BCUT2D eigenvalue weighted by molar-refractivity contribution is 6.22. The van der Waals surface area contributed by atoms with Gasteiger partial charge in [0.25, 0.3) is 0 Å². The van der Waals surface area contributed by atoms with E-state index in [-0.39, 0.29) is 0 Å². The van der Waals surface area contributed by atoms with Crippen LogP contribution in [0, 0.1) is 0 Å². The van der Waals surface area contributed by atoms with Gasteiger partial charge in [0.1, 0.15) is 5.82 Å². The molecule has 0 atom stereocenters. The lowest BCUT2D eigenvalue weighted by atomic mass is 9.89. The lowest BCUT2D eigenvalue weighted by Gasteiger charge is -2.28. The van der Waals surface area contributed by atoms with Crippen LogP contribution >= 0.6 is 0 Å². The number of anilines is 3. The highest BCUT2D eigenvalue weighted by atomic mass is 15.2. The summed E-state index contributed by atoms with van der Waals surface area (Å²) in [6.45, 7) is 0. The molecule has 0 radical (unpaired) electrons. The summed E-state index contributed by atoms with van der Waals surface area (Å²) in [4.78, 5) is 7.19. The SMILES string of the molecule is c1ccc(-c2ccc(-c3c4ccccc4c(N(c4ccc5ccccc5c4)c4ccccn4)c4ccccc34)cc2)cc1. The lowest BCUT2D eigenvalue weighted by Crippen LogP contribution is -2.12. The van der Waals surface area contributed by atoms with Gasteiger partial charge in [-0.2, -0.15) is 0 Å². The Balaban J connectivity index is 1.41. The van der Waals surface area contributed by atoms with E-state index in [2.05, 4.69) is 163 Å². The molecule has 8 aromatic rings. The Hall–Kier alpha value is -5.73. The first-order valence-electron chi connectivity index (χ1n) is 14.6. The molecule has 8 rings (SSSR count). The molecule has 43 heavy (non-hydrogen) atoms. The summed E-state index contributed by atoms with van der Waals surface area (Å²) in [5.41, 5.74) is 7.09. The largest absolute Gasteiger partial charge is 0.294 e. The van der Waals surface area contributed by atoms with Crippen molar-refractivity contribution in [2.75, 3.05) is 4.90 Å². The smallest absolute Gasteiger partial charge is 0.137 e. The second kappa shape index (κ2) is 10.6. The van der Waals surface area contributed by atoms with Crippen LogP contribution < -0.4 is 4.90 Å². The van der Waals surface area contributed by atoms with Crippen LogP contribution in [0.4, 0.5) is 17.2 Å². The Morgan fingerprint density at radius 3 is 1.63 bits per heavy atom. The van der Waals surface area contributed by atoms with Gasteiger partial charge in [-0.15, -0.1) is 0 Å². The van der Waals surface area contributed by atoms with Gasteiger partial charge in [-0.3, -0.25) is 4.90 Å². The van der Waals surface area contributed by atoms with Gasteiger partial charge in [0.2, 0.25) is 0 Å². The predicted molar refractivity (Wildman–Crippen MR) is 182 cm³/mol. The zero-order valence-corrected chi connectivity index (χ0v) is 23.6. The molecule has 0 amide bonds. The zero-order chi connectivity index (χ0) is 28.6. The molecule has 0 bridgehead atoms. The molecule has 0 N–H and O–H groups in total. The molecule has 0 saturated carbocycles. The molecule has 0 spiro atoms. The van der Waals surface area contributed by atoms with Crippen LogP contribution in [0.1, 0.15) is 0 Å². The van der Waals surface area contributed by atoms with Crippen LogP contribution in [-0.2, 0) is 0 Å². The molecule has 0 saturated heterocycles. The fraction of sp³-hybridized carbons (Fsp3) is 0. The Kier molecular flexibility index (Phi) is 6.16. The maximum atomic E-state index is 4.87.